The zero-order chi connectivity index (χ0) is 12.2. The average molecular weight is 232 g/mol. The summed E-state index contributed by atoms with van der Waals surface area (Å²) in [6, 6.07) is 4.34. The minimum Gasteiger partial charge on any atom is -0.518 e. The minimum atomic E-state index is -4.36. The SMILES string of the molecule is OB(O)O/C=C/c1ccc(C(F)(F)F)cc1. The molecular weight excluding hydrogens is 224 g/mol. The summed E-state index contributed by atoms with van der Waals surface area (Å²) in [7, 11) is -1.94. The lowest BCUT2D eigenvalue weighted by Gasteiger charge is -2.05. The van der Waals surface area contributed by atoms with E-state index < -0.39 is 19.1 Å². The van der Waals surface area contributed by atoms with Gasteiger partial charge in [0, 0.05) is 0 Å². The lowest BCUT2D eigenvalue weighted by molar-refractivity contribution is -0.137. The van der Waals surface area contributed by atoms with Gasteiger partial charge in [-0.05, 0) is 23.8 Å². The molecule has 1 aromatic rings. The topological polar surface area (TPSA) is 49.7 Å². The Balaban J connectivity index is 2.69. The summed E-state index contributed by atoms with van der Waals surface area (Å²) in [6.07, 6.45) is -2.08. The fourth-order valence-electron chi connectivity index (χ4n) is 0.971. The van der Waals surface area contributed by atoms with E-state index in [4.69, 9.17) is 10.0 Å². The molecule has 86 valence electrons. The van der Waals surface area contributed by atoms with E-state index in [2.05, 4.69) is 4.65 Å². The molecule has 0 aliphatic carbocycles. The van der Waals surface area contributed by atoms with E-state index in [1.807, 2.05) is 0 Å². The van der Waals surface area contributed by atoms with Crippen molar-refractivity contribution in [2.45, 2.75) is 6.18 Å². The zero-order valence-electron chi connectivity index (χ0n) is 7.98. The van der Waals surface area contributed by atoms with Crippen LogP contribution in [0.5, 0.6) is 0 Å². The standard InChI is InChI=1S/C9H8BF3O3/c11-9(12,13)8-3-1-7(2-4-8)5-6-16-10(14)15/h1-6,14-15H/b6-5+. The molecule has 0 radical (unpaired) electrons. The Labute approximate surface area is 90.0 Å². The lowest BCUT2D eigenvalue weighted by atomic mass is 10.1. The predicted octanol–water partition coefficient (Wildman–Crippen LogP) is 1.66. The molecule has 0 aliphatic heterocycles. The Morgan fingerprint density at radius 2 is 1.69 bits per heavy atom. The third-order valence-corrected chi connectivity index (χ3v) is 1.70. The maximum Gasteiger partial charge on any atom is 0.707 e. The van der Waals surface area contributed by atoms with Gasteiger partial charge in [0.15, 0.2) is 0 Å². The van der Waals surface area contributed by atoms with E-state index >= 15 is 0 Å². The van der Waals surface area contributed by atoms with Crippen molar-refractivity contribution in [1.82, 2.24) is 0 Å². The molecule has 0 unspecified atom stereocenters. The van der Waals surface area contributed by atoms with Crippen molar-refractivity contribution in [2.24, 2.45) is 0 Å². The first-order valence-corrected chi connectivity index (χ1v) is 4.25. The van der Waals surface area contributed by atoms with Crippen LogP contribution < -0.4 is 0 Å². The number of hydrogen-bond donors (Lipinski definition) is 2. The highest BCUT2D eigenvalue weighted by molar-refractivity contribution is 6.32. The Morgan fingerprint density at radius 3 is 2.12 bits per heavy atom. The molecule has 7 heteroatoms. The van der Waals surface area contributed by atoms with Crippen LogP contribution in [0, 0.1) is 0 Å². The van der Waals surface area contributed by atoms with Crippen molar-refractivity contribution < 1.29 is 27.9 Å². The maximum atomic E-state index is 12.2. The smallest absolute Gasteiger partial charge is 0.518 e. The fourth-order valence-corrected chi connectivity index (χ4v) is 0.971. The van der Waals surface area contributed by atoms with Gasteiger partial charge in [-0.15, -0.1) is 0 Å². The van der Waals surface area contributed by atoms with Crippen molar-refractivity contribution in [2.75, 3.05) is 0 Å². The van der Waals surface area contributed by atoms with E-state index in [-0.39, 0.29) is 0 Å². The Kier molecular flexibility index (Phi) is 3.97. The second kappa shape index (κ2) is 5.04. The van der Waals surface area contributed by atoms with Crippen LogP contribution in [0.15, 0.2) is 30.5 Å². The van der Waals surface area contributed by atoms with E-state index in [1.54, 1.807) is 0 Å². The Hall–Kier alpha value is -1.47. The molecule has 16 heavy (non-hydrogen) atoms. The van der Waals surface area contributed by atoms with Crippen LogP contribution in [0.2, 0.25) is 0 Å². The van der Waals surface area contributed by atoms with E-state index in [0.717, 1.165) is 18.4 Å². The molecule has 0 aromatic heterocycles. The van der Waals surface area contributed by atoms with Gasteiger partial charge in [0.1, 0.15) is 0 Å². The first-order chi connectivity index (χ1) is 7.39. The van der Waals surface area contributed by atoms with Crippen molar-refractivity contribution in [1.29, 1.82) is 0 Å². The Morgan fingerprint density at radius 1 is 1.12 bits per heavy atom. The molecule has 0 fully saturated rings. The third kappa shape index (κ3) is 3.96. The summed E-state index contributed by atoms with van der Waals surface area (Å²) in [5.41, 5.74) is -0.290. The molecule has 0 heterocycles. The molecule has 0 atom stereocenters. The van der Waals surface area contributed by atoms with Crippen LogP contribution in [0.1, 0.15) is 11.1 Å². The van der Waals surface area contributed by atoms with Gasteiger partial charge >= 0.3 is 13.5 Å². The van der Waals surface area contributed by atoms with Gasteiger partial charge in [0.2, 0.25) is 0 Å². The quantitative estimate of drug-likeness (QED) is 0.615. The number of rotatable bonds is 3. The molecule has 1 aromatic carbocycles. The molecular formula is C9H8BF3O3. The molecule has 0 aliphatic rings. The van der Waals surface area contributed by atoms with Crippen molar-refractivity contribution in [3.63, 3.8) is 0 Å². The number of alkyl halides is 3. The van der Waals surface area contributed by atoms with Gasteiger partial charge in [-0.2, -0.15) is 13.2 Å². The van der Waals surface area contributed by atoms with Gasteiger partial charge in [0.05, 0.1) is 11.8 Å². The summed E-state index contributed by atoms with van der Waals surface area (Å²) in [6.45, 7) is 0. The van der Waals surface area contributed by atoms with Crippen molar-refractivity contribution >= 4 is 13.4 Å². The van der Waals surface area contributed by atoms with Gasteiger partial charge in [0.25, 0.3) is 0 Å². The lowest BCUT2D eigenvalue weighted by Crippen LogP contribution is -2.12. The molecule has 0 spiro atoms. The van der Waals surface area contributed by atoms with Crippen LogP contribution in [0.3, 0.4) is 0 Å². The van der Waals surface area contributed by atoms with Crippen LogP contribution in [0.25, 0.3) is 6.08 Å². The molecule has 0 saturated heterocycles. The normalized spacial score (nSPS) is 11.8. The summed E-state index contributed by atoms with van der Waals surface area (Å²) in [4.78, 5) is 0. The van der Waals surface area contributed by atoms with E-state index in [9.17, 15) is 13.2 Å². The van der Waals surface area contributed by atoms with Crippen LogP contribution in [0.4, 0.5) is 13.2 Å². The number of hydrogen-bond acceptors (Lipinski definition) is 3. The van der Waals surface area contributed by atoms with E-state index in [1.165, 1.54) is 18.2 Å². The van der Waals surface area contributed by atoms with Crippen LogP contribution >= 0.6 is 0 Å². The average Bonchev–Trinajstić information content (AvgIpc) is 2.16. The summed E-state index contributed by atoms with van der Waals surface area (Å²) >= 11 is 0. The van der Waals surface area contributed by atoms with Gasteiger partial charge in [-0.1, -0.05) is 12.1 Å². The Bertz CT molecular complexity index is 359. The summed E-state index contributed by atoms with van der Waals surface area (Å²) < 4.78 is 40.8. The monoisotopic (exact) mass is 232 g/mol. The second-order valence-corrected chi connectivity index (χ2v) is 2.88. The first-order valence-electron chi connectivity index (χ1n) is 4.25. The van der Waals surface area contributed by atoms with Crippen molar-refractivity contribution in [3.8, 4) is 0 Å². The fraction of sp³-hybridized carbons (Fsp3) is 0.111. The molecule has 0 saturated carbocycles. The van der Waals surface area contributed by atoms with E-state index in [0.29, 0.717) is 5.56 Å². The molecule has 3 nitrogen and oxygen atoms in total. The predicted molar refractivity (Wildman–Crippen MR) is 51.8 cm³/mol. The van der Waals surface area contributed by atoms with Crippen LogP contribution in [-0.4, -0.2) is 17.4 Å². The first kappa shape index (κ1) is 12.6. The van der Waals surface area contributed by atoms with Crippen molar-refractivity contribution in [3.05, 3.63) is 41.7 Å². The zero-order valence-corrected chi connectivity index (χ0v) is 7.98. The summed E-state index contributed by atoms with van der Waals surface area (Å²) in [5.74, 6) is 0. The number of benzene rings is 1. The van der Waals surface area contributed by atoms with Crippen LogP contribution in [-0.2, 0) is 10.8 Å². The highest BCUT2D eigenvalue weighted by atomic mass is 19.4. The largest absolute Gasteiger partial charge is 0.707 e. The third-order valence-electron chi connectivity index (χ3n) is 1.70. The van der Waals surface area contributed by atoms with Gasteiger partial charge in [-0.25, -0.2) is 0 Å². The molecule has 0 amide bonds. The highest BCUT2D eigenvalue weighted by Crippen LogP contribution is 2.29. The number of halogens is 3. The summed E-state index contributed by atoms with van der Waals surface area (Å²) in [5, 5.41) is 16.6. The maximum absolute atomic E-state index is 12.2. The molecule has 2 N–H and O–H groups in total. The minimum absolute atomic E-state index is 0.452. The van der Waals surface area contributed by atoms with Gasteiger partial charge in [-0.3, -0.25) is 0 Å². The van der Waals surface area contributed by atoms with Gasteiger partial charge < -0.3 is 14.7 Å². The molecule has 1 rings (SSSR count). The molecule has 0 bridgehead atoms. The second-order valence-electron chi connectivity index (χ2n) is 2.88. The highest BCUT2D eigenvalue weighted by Gasteiger charge is 2.29.